The Morgan fingerprint density at radius 3 is 2.56 bits per heavy atom. The molecule has 1 aromatic heterocycles. The second-order valence-corrected chi connectivity index (χ2v) is 9.47. The van der Waals surface area contributed by atoms with Gasteiger partial charge in [0.05, 0.1) is 5.75 Å². The van der Waals surface area contributed by atoms with E-state index >= 15 is 0 Å². The molecule has 2 aliphatic heterocycles. The predicted molar refractivity (Wildman–Crippen MR) is 104 cm³/mol. The van der Waals surface area contributed by atoms with Crippen LogP contribution in [-0.4, -0.2) is 42.0 Å². The molecule has 1 atom stereocenters. The molecule has 2 aliphatic rings. The van der Waals surface area contributed by atoms with Crippen LogP contribution in [0.3, 0.4) is 0 Å². The Bertz CT molecular complexity index is 865. The zero-order valence-electron chi connectivity index (χ0n) is 15.8. The fourth-order valence-corrected chi connectivity index (χ4v) is 5.78. The topological polar surface area (TPSA) is 64.4 Å². The van der Waals surface area contributed by atoms with Gasteiger partial charge in [-0.05, 0) is 38.2 Å². The molecule has 0 radical (unpaired) electrons. The molecule has 146 valence electrons. The van der Waals surface area contributed by atoms with E-state index in [1.807, 2.05) is 36.5 Å². The molecule has 1 aromatic carbocycles. The van der Waals surface area contributed by atoms with Crippen molar-refractivity contribution in [2.75, 3.05) is 19.7 Å². The van der Waals surface area contributed by atoms with Crippen LogP contribution >= 0.6 is 0 Å². The summed E-state index contributed by atoms with van der Waals surface area (Å²) in [6, 6.07) is 9.69. The Labute approximate surface area is 161 Å². The summed E-state index contributed by atoms with van der Waals surface area (Å²) in [5.41, 5.74) is 1.97. The van der Waals surface area contributed by atoms with E-state index in [9.17, 15) is 8.42 Å². The van der Waals surface area contributed by atoms with Crippen LogP contribution in [0.15, 0.2) is 36.5 Å². The maximum atomic E-state index is 12.8. The highest BCUT2D eigenvalue weighted by Crippen LogP contribution is 2.34. The molecule has 0 N–H and O–H groups in total. The van der Waals surface area contributed by atoms with E-state index in [1.165, 1.54) is 0 Å². The van der Waals surface area contributed by atoms with Crippen molar-refractivity contribution in [1.82, 2.24) is 13.9 Å². The van der Waals surface area contributed by atoms with Gasteiger partial charge in [-0.25, -0.2) is 17.7 Å². The molecule has 2 aromatic rings. The lowest BCUT2D eigenvalue weighted by Crippen LogP contribution is -2.40. The average Bonchev–Trinajstić information content (AvgIpc) is 3.32. The zero-order valence-corrected chi connectivity index (χ0v) is 16.6. The quantitative estimate of drug-likeness (QED) is 0.788. The number of aryl methyl sites for hydroxylation is 1. The van der Waals surface area contributed by atoms with E-state index in [1.54, 1.807) is 4.31 Å². The SMILES string of the molecule is Cc1cnc(C2CCCO2)n1C1CCN(S(=O)(=O)Cc2ccccc2)CC1. The molecule has 2 fully saturated rings. The molecule has 1 unspecified atom stereocenters. The summed E-state index contributed by atoms with van der Waals surface area (Å²) in [4.78, 5) is 4.60. The van der Waals surface area contributed by atoms with Crippen LogP contribution in [0.1, 0.15) is 54.9 Å². The predicted octanol–water partition coefficient (Wildman–Crippen LogP) is 3.21. The summed E-state index contributed by atoms with van der Waals surface area (Å²) in [5.74, 6) is 1.08. The number of sulfonamides is 1. The first-order valence-electron chi connectivity index (χ1n) is 9.71. The van der Waals surface area contributed by atoms with Crippen LogP contribution in [-0.2, 0) is 20.5 Å². The van der Waals surface area contributed by atoms with Gasteiger partial charge in [-0.15, -0.1) is 0 Å². The van der Waals surface area contributed by atoms with Gasteiger partial charge < -0.3 is 9.30 Å². The standard InChI is InChI=1S/C20H27N3O3S/c1-16-14-21-20(19-8-5-13-26-19)23(16)18-9-11-22(12-10-18)27(24,25)15-17-6-3-2-4-7-17/h2-4,6-7,14,18-19H,5,8-13,15H2,1H3. The first-order valence-corrected chi connectivity index (χ1v) is 11.3. The molecule has 3 heterocycles. The molecule has 2 saturated heterocycles. The van der Waals surface area contributed by atoms with E-state index in [0.717, 1.165) is 49.4 Å². The third-order valence-electron chi connectivity index (χ3n) is 5.60. The minimum Gasteiger partial charge on any atom is -0.370 e. The molecule has 0 amide bonds. The molecule has 4 rings (SSSR count). The molecule has 7 heteroatoms. The van der Waals surface area contributed by atoms with Crippen molar-refractivity contribution in [3.05, 3.63) is 53.6 Å². The zero-order chi connectivity index (χ0) is 18.9. The molecule has 0 aliphatic carbocycles. The molecule has 0 spiro atoms. The van der Waals surface area contributed by atoms with Crippen molar-refractivity contribution < 1.29 is 13.2 Å². The maximum Gasteiger partial charge on any atom is 0.218 e. The Hall–Kier alpha value is -1.70. The number of aromatic nitrogens is 2. The lowest BCUT2D eigenvalue weighted by Gasteiger charge is -2.33. The summed E-state index contributed by atoms with van der Waals surface area (Å²) < 4.78 is 35.3. The first kappa shape index (κ1) is 18.7. The summed E-state index contributed by atoms with van der Waals surface area (Å²) in [6.45, 7) is 3.99. The fourth-order valence-electron chi connectivity index (χ4n) is 4.21. The van der Waals surface area contributed by atoms with Gasteiger partial charge in [-0.2, -0.15) is 0 Å². The summed E-state index contributed by atoms with van der Waals surface area (Å²) in [5, 5.41) is 0. The normalized spacial score (nSPS) is 22.3. The van der Waals surface area contributed by atoms with Gasteiger partial charge in [0.2, 0.25) is 10.0 Å². The molecule has 6 nitrogen and oxygen atoms in total. The largest absolute Gasteiger partial charge is 0.370 e. The van der Waals surface area contributed by atoms with E-state index in [4.69, 9.17) is 4.74 Å². The van der Waals surface area contributed by atoms with E-state index in [-0.39, 0.29) is 17.9 Å². The van der Waals surface area contributed by atoms with Crippen molar-refractivity contribution in [1.29, 1.82) is 0 Å². The van der Waals surface area contributed by atoms with Gasteiger partial charge >= 0.3 is 0 Å². The highest BCUT2D eigenvalue weighted by Gasteiger charge is 2.32. The lowest BCUT2D eigenvalue weighted by atomic mass is 10.1. The number of ether oxygens (including phenoxy) is 1. The van der Waals surface area contributed by atoms with Crippen LogP contribution in [0.4, 0.5) is 0 Å². The van der Waals surface area contributed by atoms with Gasteiger partial charge in [-0.1, -0.05) is 30.3 Å². The number of hydrogen-bond donors (Lipinski definition) is 0. The van der Waals surface area contributed by atoms with Crippen LogP contribution in [0.5, 0.6) is 0 Å². The number of benzene rings is 1. The van der Waals surface area contributed by atoms with E-state index in [0.29, 0.717) is 13.1 Å². The average molecular weight is 390 g/mol. The second-order valence-electron chi connectivity index (χ2n) is 7.50. The highest BCUT2D eigenvalue weighted by molar-refractivity contribution is 7.88. The summed E-state index contributed by atoms with van der Waals surface area (Å²) >= 11 is 0. The van der Waals surface area contributed by atoms with Crippen molar-refractivity contribution in [2.24, 2.45) is 0 Å². The maximum absolute atomic E-state index is 12.8. The molecular formula is C20H27N3O3S. The van der Waals surface area contributed by atoms with Crippen LogP contribution < -0.4 is 0 Å². The van der Waals surface area contributed by atoms with Gasteiger partial charge in [0, 0.05) is 37.6 Å². The molecule has 0 bridgehead atoms. The Kier molecular flexibility index (Phi) is 5.34. The van der Waals surface area contributed by atoms with E-state index in [2.05, 4.69) is 16.5 Å². The van der Waals surface area contributed by atoms with Crippen molar-refractivity contribution >= 4 is 10.0 Å². The fraction of sp³-hybridized carbons (Fsp3) is 0.550. The third-order valence-corrected chi connectivity index (χ3v) is 7.45. The number of rotatable bonds is 5. The minimum atomic E-state index is -3.28. The lowest BCUT2D eigenvalue weighted by molar-refractivity contribution is 0.0982. The van der Waals surface area contributed by atoms with Gasteiger partial charge in [0.15, 0.2) is 0 Å². The highest BCUT2D eigenvalue weighted by atomic mass is 32.2. The molecule has 0 saturated carbocycles. The van der Waals surface area contributed by atoms with Gasteiger partial charge in [0.1, 0.15) is 11.9 Å². The third kappa shape index (κ3) is 3.95. The van der Waals surface area contributed by atoms with E-state index < -0.39 is 10.0 Å². The minimum absolute atomic E-state index is 0.0732. The molecule has 27 heavy (non-hydrogen) atoms. The van der Waals surface area contributed by atoms with Gasteiger partial charge in [0.25, 0.3) is 0 Å². The summed E-state index contributed by atoms with van der Waals surface area (Å²) in [7, 11) is -3.28. The van der Waals surface area contributed by atoms with Gasteiger partial charge in [-0.3, -0.25) is 0 Å². The Morgan fingerprint density at radius 2 is 1.89 bits per heavy atom. The second kappa shape index (κ2) is 7.73. The monoisotopic (exact) mass is 389 g/mol. The van der Waals surface area contributed by atoms with Crippen LogP contribution in [0.25, 0.3) is 0 Å². The Morgan fingerprint density at radius 1 is 1.15 bits per heavy atom. The number of imidazole rings is 1. The van der Waals surface area contributed by atoms with Crippen molar-refractivity contribution in [3.63, 3.8) is 0 Å². The van der Waals surface area contributed by atoms with Crippen molar-refractivity contribution in [3.8, 4) is 0 Å². The Balaban J connectivity index is 1.44. The molecular weight excluding hydrogens is 362 g/mol. The van der Waals surface area contributed by atoms with Crippen LogP contribution in [0, 0.1) is 6.92 Å². The number of nitrogens with zero attached hydrogens (tertiary/aromatic N) is 3. The van der Waals surface area contributed by atoms with Crippen molar-refractivity contribution in [2.45, 2.75) is 50.5 Å². The number of piperidine rings is 1. The smallest absolute Gasteiger partial charge is 0.218 e. The summed E-state index contributed by atoms with van der Waals surface area (Å²) in [6.07, 6.45) is 5.71. The van der Waals surface area contributed by atoms with Crippen LogP contribution in [0.2, 0.25) is 0 Å². The first-order chi connectivity index (χ1) is 13.0. The number of hydrogen-bond acceptors (Lipinski definition) is 4.